The minimum Gasteiger partial charge on any atom is -0.395 e. The quantitative estimate of drug-likeness (QED) is 0.631. The van der Waals surface area contributed by atoms with Crippen LogP contribution < -0.4 is 4.72 Å². The van der Waals surface area contributed by atoms with Crippen molar-refractivity contribution in [1.29, 1.82) is 0 Å². The van der Waals surface area contributed by atoms with Crippen LogP contribution in [0, 0.1) is 0 Å². The molecule has 66 valence electrons. The molecule has 0 saturated carbocycles. The van der Waals surface area contributed by atoms with Crippen LogP contribution in [0.2, 0.25) is 0 Å². The third-order valence-electron chi connectivity index (χ3n) is 1.23. The highest BCUT2D eigenvalue weighted by Gasteiger charge is 1.96. The number of rotatable bonds is 4. The molecule has 2 nitrogen and oxygen atoms in total. The van der Waals surface area contributed by atoms with Gasteiger partial charge in [-0.3, -0.25) is 4.72 Å². The summed E-state index contributed by atoms with van der Waals surface area (Å²) in [5.74, 6) is 0. The Labute approximate surface area is 84.6 Å². The van der Waals surface area contributed by atoms with Gasteiger partial charge in [-0.15, -0.1) is 0 Å². The molecule has 0 aliphatic heterocycles. The summed E-state index contributed by atoms with van der Waals surface area (Å²) in [6, 6.07) is 7.95. The van der Waals surface area contributed by atoms with E-state index in [1.54, 1.807) is 0 Å². The van der Waals surface area contributed by atoms with Crippen molar-refractivity contribution in [3.8, 4) is 0 Å². The van der Waals surface area contributed by atoms with Crippen LogP contribution in [0.4, 0.5) is 0 Å². The number of halogens is 1. The predicted molar refractivity (Wildman–Crippen MR) is 55.1 cm³/mol. The van der Waals surface area contributed by atoms with Gasteiger partial charge in [0.2, 0.25) is 0 Å². The number of aliphatic hydroxyl groups excluding tert-OH is 1. The first kappa shape index (κ1) is 10.1. The maximum Gasteiger partial charge on any atom is 0.0565 e. The fourth-order valence-electron chi connectivity index (χ4n) is 0.702. The summed E-state index contributed by atoms with van der Waals surface area (Å²) in [5, 5.41) is 8.53. The Morgan fingerprint density at radius 1 is 1.42 bits per heavy atom. The van der Waals surface area contributed by atoms with Crippen LogP contribution in [0.25, 0.3) is 0 Å². The third kappa shape index (κ3) is 3.15. The molecule has 12 heavy (non-hydrogen) atoms. The normalized spacial score (nSPS) is 10.2. The molecule has 1 aromatic carbocycles. The van der Waals surface area contributed by atoms with Crippen LogP contribution in [0.15, 0.2) is 33.6 Å². The minimum atomic E-state index is 0.164. The number of hydrogen-bond donors (Lipinski definition) is 2. The topological polar surface area (TPSA) is 32.3 Å². The van der Waals surface area contributed by atoms with Gasteiger partial charge in [-0.05, 0) is 40.0 Å². The van der Waals surface area contributed by atoms with E-state index in [2.05, 4.69) is 20.7 Å². The van der Waals surface area contributed by atoms with Crippen molar-refractivity contribution in [3.63, 3.8) is 0 Å². The first-order valence-electron chi connectivity index (χ1n) is 3.59. The largest absolute Gasteiger partial charge is 0.395 e. The van der Waals surface area contributed by atoms with E-state index in [1.165, 1.54) is 11.9 Å². The second-order valence-corrected chi connectivity index (χ2v) is 3.94. The SMILES string of the molecule is OCCNSc1ccccc1Br. The van der Waals surface area contributed by atoms with E-state index in [0.29, 0.717) is 6.54 Å². The van der Waals surface area contributed by atoms with Gasteiger partial charge in [0.1, 0.15) is 0 Å². The summed E-state index contributed by atoms with van der Waals surface area (Å²) in [5.41, 5.74) is 0. The van der Waals surface area contributed by atoms with Crippen molar-refractivity contribution < 1.29 is 5.11 Å². The molecule has 1 rings (SSSR count). The van der Waals surface area contributed by atoms with Gasteiger partial charge in [-0.2, -0.15) is 0 Å². The fraction of sp³-hybridized carbons (Fsp3) is 0.250. The van der Waals surface area contributed by atoms with Gasteiger partial charge in [-0.25, -0.2) is 0 Å². The van der Waals surface area contributed by atoms with E-state index in [9.17, 15) is 0 Å². The lowest BCUT2D eigenvalue weighted by molar-refractivity contribution is 0.302. The van der Waals surface area contributed by atoms with Crippen molar-refractivity contribution in [3.05, 3.63) is 28.7 Å². The summed E-state index contributed by atoms with van der Waals surface area (Å²) in [7, 11) is 0. The molecule has 0 heterocycles. The molecule has 0 spiro atoms. The average Bonchev–Trinajstić information content (AvgIpc) is 2.09. The Bertz CT molecular complexity index is 244. The highest BCUT2D eigenvalue weighted by molar-refractivity contribution is 9.10. The summed E-state index contributed by atoms with van der Waals surface area (Å²) < 4.78 is 4.10. The standard InChI is InChI=1S/C8H10BrNOS/c9-7-3-1-2-4-8(7)12-10-5-6-11/h1-4,10-11H,5-6H2. The molecule has 0 saturated heterocycles. The molecule has 0 amide bonds. The lowest BCUT2D eigenvalue weighted by Crippen LogP contribution is -2.08. The summed E-state index contributed by atoms with van der Waals surface area (Å²) in [6.07, 6.45) is 0. The van der Waals surface area contributed by atoms with E-state index < -0.39 is 0 Å². The van der Waals surface area contributed by atoms with E-state index >= 15 is 0 Å². The summed E-state index contributed by atoms with van der Waals surface area (Å²) >= 11 is 4.94. The van der Waals surface area contributed by atoms with Crippen LogP contribution in [-0.4, -0.2) is 18.3 Å². The maximum absolute atomic E-state index is 8.53. The Kier molecular flexibility index (Phi) is 4.68. The van der Waals surface area contributed by atoms with Crippen molar-refractivity contribution in [2.45, 2.75) is 4.90 Å². The third-order valence-corrected chi connectivity index (χ3v) is 3.11. The zero-order valence-corrected chi connectivity index (χ0v) is 8.86. The fourth-order valence-corrected chi connectivity index (χ4v) is 1.89. The molecular weight excluding hydrogens is 238 g/mol. The van der Waals surface area contributed by atoms with Crippen molar-refractivity contribution in [2.24, 2.45) is 0 Å². The number of nitrogens with one attached hydrogen (secondary N) is 1. The van der Waals surface area contributed by atoms with Crippen molar-refractivity contribution >= 4 is 27.9 Å². The lowest BCUT2D eigenvalue weighted by atomic mass is 10.4. The molecule has 4 heteroatoms. The van der Waals surface area contributed by atoms with Crippen LogP contribution in [0.1, 0.15) is 0 Å². The molecule has 0 atom stereocenters. The van der Waals surface area contributed by atoms with Crippen molar-refractivity contribution in [2.75, 3.05) is 13.2 Å². The van der Waals surface area contributed by atoms with Crippen LogP contribution in [0.3, 0.4) is 0 Å². The second kappa shape index (κ2) is 5.59. The molecule has 0 aromatic heterocycles. The lowest BCUT2D eigenvalue weighted by Gasteiger charge is -2.03. The first-order valence-corrected chi connectivity index (χ1v) is 5.20. The van der Waals surface area contributed by atoms with E-state index in [0.717, 1.165) is 9.37 Å². The van der Waals surface area contributed by atoms with Crippen LogP contribution in [0.5, 0.6) is 0 Å². The highest BCUT2D eigenvalue weighted by Crippen LogP contribution is 2.24. The molecule has 0 aliphatic rings. The Balaban J connectivity index is 2.46. The highest BCUT2D eigenvalue weighted by atomic mass is 79.9. The van der Waals surface area contributed by atoms with Gasteiger partial charge < -0.3 is 5.11 Å². The van der Waals surface area contributed by atoms with Crippen LogP contribution >= 0.6 is 27.9 Å². The molecule has 0 fully saturated rings. The smallest absolute Gasteiger partial charge is 0.0565 e. The number of benzene rings is 1. The van der Waals surface area contributed by atoms with Crippen molar-refractivity contribution in [1.82, 2.24) is 4.72 Å². The molecule has 1 aromatic rings. The van der Waals surface area contributed by atoms with E-state index in [-0.39, 0.29) is 6.61 Å². The van der Waals surface area contributed by atoms with Gasteiger partial charge in [0, 0.05) is 15.9 Å². The van der Waals surface area contributed by atoms with Gasteiger partial charge in [0.05, 0.1) is 6.61 Å². The van der Waals surface area contributed by atoms with Gasteiger partial charge >= 0.3 is 0 Å². The Hall–Kier alpha value is -0.0300. The zero-order chi connectivity index (χ0) is 8.81. The maximum atomic E-state index is 8.53. The molecule has 0 radical (unpaired) electrons. The van der Waals surface area contributed by atoms with E-state index in [4.69, 9.17) is 5.11 Å². The molecular formula is C8H10BrNOS. The molecule has 0 unspecified atom stereocenters. The van der Waals surface area contributed by atoms with E-state index in [1.807, 2.05) is 24.3 Å². The molecule has 0 aliphatic carbocycles. The molecule has 0 bridgehead atoms. The minimum absolute atomic E-state index is 0.164. The Morgan fingerprint density at radius 3 is 2.83 bits per heavy atom. The predicted octanol–water partition coefficient (Wildman–Crippen LogP) is 2.04. The molecule has 2 N–H and O–H groups in total. The number of aliphatic hydroxyl groups is 1. The summed E-state index contributed by atoms with van der Waals surface area (Å²) in [6.45, 7) is 0.767. The van der Waals surface area contributed by atoms with Crippen LogP contribution in [-0.2, 0) is 0 Å². The van der Waals surface area contributed by atoms with Gasteiger partial charge in [-0.1, -0.05) is 12.1 Å². The summed E-state index contributed by atoms with van der Waals surface area (Å²) in [4.78, 5) is 1.13. The zero-order valence-electron chi connectivity index (χ0n) is 6.46. The monoisotopic (exact) mass is 247 g/mol. The Morgan fingerprint density at radius 2 is 2.17 bits per heavy atom. The first-order chi connectivity index (χ1) is 5.84. The van der Waals surface area contributed by atoms with Gasteiger partial charge in [0.25, 0.3) is 0 Å². The number of hydrogen-bond acceptors (Lipinski definition) is 3. The second-order valence-electron chi connectivity index (χ2n) is 2.15. The average molecular weight is 248 g/mol. The van der Waals surface area contributed by atoms with Gasteiger partial charge in [0.15, 0.2) is 0 Å².